The van der Waals surface area contributed by atoms with E-state index in [-0.39, 0.29) is 0 Å². The first kappa shape index (κ1) is 19.0. The summed E-state index contributed by atoms with van der Waals surface area (Å²) in [6.07, 6.45) is 1.23. The third kappa shape index (κ3) is 4.40. The smallest absolute Gasteiger partial charge is 0.143 e. The van der Waals surface area contributed by atoms with Gasteiger partial charge in [-0.25, -0.2) is 0 Å². The summed E-state index contributed by atoms with van der Waals surface area (Å²) in [5.74, 6) is 0.927. The molecule has 4 rings (SSSR count). The summed E-state index contributed by atoms with van der Waals surface area (Å²) in [4.78, 5) is 2.34. The molecule has 144 valence electrons. The van der Waals surface area contributed by atoms with Gasteiger partial charge in [-0.2, -0.15) is 0 Å². The van der Waals surface area contributed by atoms with E-state index in [4.69, 9.17) is 4.74 Å². The van der Waals surface area contributed by atoms with E-state index in [0.717, 1.165) is 40.9 Å². The van der Waals surface area contributed by atoms with Crippen molar-refractivity contribution in [3.8, 4) is 5.75 Å². The number of hydrogen-bond donors (Lipinski definition) is 1. The number of fused-ring (bicyclic) bond motifs is 1. The molecule has 1 unspecified atom stereocenters. The average molecular weight is 438 g/mol. The van der Waals surface area contributed by atoms with Gasteiger partial charge in [-0.15, -0.1) is 0 Å². The lowest BCUT2D eigenvalue weighted by Gasteiger charge is -2.23. The Morgan fingerprint density at radius 1 is 1.00 bits per heavy atom. The first-order valence-corrected chi connectivity index (χ1v) is 10.5. The van der Waals surface area contributed by atoms with Gasteiger partial charge in [0.1, 0.15) is 12.4 Å². The zero-order valence-electron chi connectivity index (χ0n) is 15.7. The third-order valence-electron chi connectivity index (χ3n) is 5.19. The van der Waals surface area contributed by atoms with Gasteiger partial charge in [0.15, 0.2) is 0 Å². The van der Waals surface area contributed by atoms with Crippen LogP contribution in [0.4, 0.5) is 5.69 Å². The second-order valence-electron chi connectivity index (χ2n) is 7.13. The van der Waals surface area contributed by atoms with Gasteiger partial charge in [0.25, 0.3) is 0 Å². The third-order valence-corrected chi connectivity index (χ3v) is 5.69. The van der Waals surface area contributed by atoms with Gasteiger partial charge in [-0.3, -0.25) is 0 Å². The standard InChI is InChI=1S/C24H24BrNO2/c25-21-10-4-9-20(16-21)22(27)13-15-26-14-12-19-8-5-11-23(24(19)26)28-17-18-6-2-1-3-7-18/h1-11,16,22,27H,12-15,17H2. The molecule has 3 aromatic carbocycles. The van der Waals surface area contributed by atoms with Crippen molar-refractivity contribution in [1.29, 1.82) is 0 Å². The Hall–Kier alpha value is -2.30. The number of hydrogen-bond acceptors (Lipinski definition) is 3. The van der Waals surface area contributed by atoms with Crippen LogP contribution in [0, 0.1) is 0 Å². The van der Waals surface area contributed by atoms with Crippen molar-refractivity contribution < 1.29 is 9.84 Å². The maximum absolute atomic E-state index is 10.6. The molecule has 4 heteroatoms. The predicted molar refractivity (Wildman–Crippen MR) is 117 cm³/mol. The molecule has 1 N–H and O–H groups in total. The normalized spacial score (nSPS) is 14.0. The van der Waals surface area contributed by atoms with Crippen LogP contribution in [-0.4, -0.2) is 18.2 Å². The van der Waals surface area contributed by atoms with Crippen molar-refractivity contribution in [3.05, 3.63) is 94.0 Å². The minimum atomic E-state index is -0.473. The van der Waals surface area contributed by atoms with Crippen LogP contribution in [0.1, 0.15) is 29.2 Å². The number of aliphatic hydroxyl groups is 1. The fourth-order valence-corrected chi connectivity index (χ4v) is 4.15. The molecule has 3 aromatic rings. The molecule has 1 aliphatic heterocycles. The van der Waals surface area contributed by atoms with E-state index < -0.39 is 6.10 Å². The van der Waals surface area contributed by atoms with Crippen molar-refractivity contribution in [1.82, 2.24) is 0 Å². The van der Waals surface area contributed by atoms with Gasteiger partial charge in [0.2, 0.25) is 0 Å². The van der Waals surface area contributed by atoms with E-state index in [1.165, 1.54) is 11.3 Å². The molecule has 3 nitrogen and oxygen atoms in total. The number of ether oxygens (including phenoxy) is 1. The van der Waals surface area contributed by atoms with Crippen molar-refractivity contribution in [2.24, 2.45) is 0 Å². The van der Waals surface area contributed by atoms with Crippen LogP contribution in [0.3, 0.4) is 0 Å². The monoisotopic (exact) mass is 437 g/mol. The van der Waals surface area contributed by atoms with E-state index in [9.17, 15) is 5.11 Å². The number of aliphatic hydroxyl groups excluding tert-OH is 1. The minimum Gasteiger partial charge on any atom is -0.487 e. The number of para-hydroxylation sites is 1. The maximum Gasteiger partial charge on any atom is 0.143 e. The molecule has 0 radical (unpaired) electrons. The molecular formula is C24H24BrNO2. The summed E-state index contributed by atoms with van der Waals surface area (Å²) in [6, 6.07) is 24.4. The van der Waals surface area contributed by atoms with E-state index >= 15 is 0 Å². The molecule has 0 spiro atoms. The van der Waals surface area contributed by atoms with Gasteiger partial charge in [-0.1, -0.05) is 70.5 Å². The summed E-state index contributed by atoms with van der Waals surface area (Å²) in [6.45, 7) is 2.32. The van der Waals surface area contributed by atoms with Crippen LogP contribution in [0.15, 0.2) is 77.3 Å². The first-order valence-electron chi connectivity index (χ1n) is 9.68. The molecule has 0 fully saturated rings. The summed E-state index contributed by atoms with van der Waals surface area (Å²) in [5, 5.41) is 10.6. The van der Waals surface area contributed by atoms with Crippen LogP contribution in [0.5, 0.6) is 5.75 Å². The molecule has 28 heavy (non-hydrogen) atoms. The van der Waals surface area contributed by atoms with E-state index in [0.29, 0.717) is 13.0 Å². The van der Waals surface area contributed by atoms with Crippen LogP contribution in [0.25, 0.3) is 0 Å². The fraction of sp³-hybridized carbons (Fsp3) is 0.250. The summed E-state index contributed by atoms with van der Waals surface area (Å²) in [5.41, 5.74) is 4.61. The first-order chi connectivity index (χ1) is 13.7. The molecule has 0 saturated heterocycles. The zero-order chi connectivity index (χ0) is 19.3. The highest BCUT2D eigenvalue weighted by Crippen LogP contribution is 2.38. The minimum absolute atomic E-state index is 0.473. The van der Waals surface area contributed by atoms with Crippen LogP contribution in [-0.2, 0) is 13.0 Å². The molecule has 1 atom stereocenters. The van der Waals surface area contributed by atoms with Crippen molar-refractivity contribution >= 4 is 21.6 Å². The van der Waals surface area contributed by atoms with Crippen molar-refractivity contribution in [2.45, 2.75) is 25.6 Å². The highest BCUT2D eigenvalue weighted by Gasteiger charge is 2.24. The number of rotatable bonds is 7. The van der Waals surface area contributed by atoms with Crippen LogP contribution in [0.2, 0.25) is 0 Å². The molecule has 0 amide bonds. The topological polar surface area (TPSA) is 32.7 Å². The lowest BCUT2D eigenvalue weighted by Crippen LogP contribution is -2.24. The van der Waals surface area contributed by atoms with E-state index in [1.54, 1.807) is 0 Å². The Morgan fingerprint density at radius 2 is 1.82 bits per heavy atom. The zero-order valence-corrected chi connectivity index (χ0v) is 17.3. The number of benzene rings is 3. The Balaban J connectivity index is 1.44. The van der Waals surface area contributed by atoms with E-state index in [1.807, 2.05) is 48.5 Å². The number of anilines is 1. The predicted octanol–water partition coefficient (Wildman–Crippen LogP) is 5.51. The van der Waals surface area contributed by atoms with Gasteiger partial charge < -0.3 is 14.7 Å². The Kier molecular flexibility index (Phi) is 5.98. The molecule has 0 aromatic heterocycles. The number of nitrogens with zero attached hydrogens (tertiary/aromatic N) is 1. The molecule has 1 aliphatic rings. The highest BCUT2D eigenvalue weighted by molar-refractivity contribution is 9.10. The summed E-state index contributed by atoms with van der Waals surface area (Å²) >= 11 is 3.48. The van der Waals surface area contributed by atoms with Crippen molar-refractivity contribution in [2.75, 3.05) is 18.0 Å². The van der Waals surface area contributed by atoms with Gasteiger partial charge in [0, 0.05) is 17.6 Å². The Morgan fingerprint density at radius 3 is 2.64 bits per heavy atom. The van der Waals surface area contributed by atoms with Crippen LogP contribution >= 0.6 is 15.9 Å². The molecular weight excluding hydrogens is 414 g/mol. The summed E-state index contributed by atoms with van der Waals surface area (Å²) < 4.78 is 7.15. The Bertz CT molecular complexity index is 929. The SMILES string of the molecule is OC(CCN1CCc2cccc(OCc3ccccc3)c21)c1cccc(Br)c1. The molecule has 0 saturated carbocycles. The second-order valence-corrected chi connectivity index (χ2v) is 8.05. The lowest BCUT2D eigenvalue weighted by atomic mass is 10.1. The van der Waals surface area contributed by atoms with Gasteiger partial charge >= 0.3 is 0 Å². The summed E-state index contributed by atoms with van der Waals surface area (Å²) in [7, 11) is 0. The van der Waals surface area contributed by atoms with E-state index in [2.05, 4.69) is 45.1 Å². The molecule has 0 aliphatic carbocycles. The highest BCUT2D eigenvalue weighted by atomic mass is 79.9. The van der Waals surface area contributed by atoms with Crippen molar-refractivity contribution in [3.63, 3.8) is 0 Å². The molecule has 0 bridgehead atoms. The Labute approximate surface area is 174 Å². The maximum atomic E-state index is 10.6. The number of halogens is 1. The van der Waals surface area contributed by atoms with Crippen LogP contribution < -0.4 is 9.64 Å². The largest absolute Gasteiger partial charge is 0.487 e. The fourth-order valence-electron chi connectivity index (χ4n) is 3.73. The molecule has 1 heterocycles. The average Bonchev–Trinajstić information content (AvgIpc) is 3.15. The quantitative estimate of drug-likeness (QED) is 0.528. The second kappa shape index (κ2) is 8.80. The van der Waals surface area contributed by atoms with Gasteiger partial charge in [-0.05, 0) is 47.7 Å². The van der Waals surface area contributed by atoms with Gasteiger partial charge in [0.05, 0.1) is 11.8 Å². The lowest BCUT2D eigenvalue weighted by molar-refractivity contribution is 0.169.